The highest BCUT2D eigenvalue weighted by Crippen LogP contribution is 2.67. The molecule has 3 heteroatoms. The number of hydrogen-bond acceptors (Lipinski definition) is 3. The Morgan fingerprint density at radius 3 is 2.59 bits per heavy atom. The Morgan fingerprint density at radius 1 is 1.04 bits per heavy atom. The van der Waals surface area contributed by atoms with Crippen LogP contribution in [0.15, 0.2) is 0 Å². The third kappa shape index (κ3) is 3.26. The van der Waals surface area contributed by atoms with Crippen molar-refractivity contribution >= 4 is 5.97 Å². The van der Waals surface area contributed by atoms with E-state index in [4.69, 9.17) is 4.74 Å². The van der Waals surface area contributed by atoms with Gasteiger partial charge < -0.3 is 9.84 Å². The summed E-state index contributed by atoms with van der Waals surface area (Å²) in [5.41, 5.74) is 0.868. The van der Waals surface area contributed by atoms with Gasteiger partial charge in [0.05, 0.1) is 12.7 Å². The maximum Gasteiger partial charge on any atom is 0.302 e. The third-order valence-corrected chi connectivity index (χ3v) is 9.80. The number of hydrogen-bond donors (Lipinski definition) is 1. The van der Waals surface area contributed by atoms with E-state index in [0.717, 1.165) is 30.6 Å². The van der Waals surface area contributed by atoms with Gasteiger partial charge in [-0.3, -0.25) is 4.79 Å². The molecule has 4 rings (SSSR count). The van der Waals surface area contributed by atoms with Crippen molar-refractivity contribution in [2.24, 2.45) is 40.4 Å². The highest BCUT2D eigenvalue weighted by Gasteiger charge is 2.61. The van der Waals surface area contributed by atoms with Crippen LogP contribution in [0.1, 0.15) is 91.4 Å². The zero-order chi connectivity index (χ0) is 19.2. The van der Waals surface area contributed by atoms with Crippen LogP contribution >= 0.6 is 0 Å². The molecule has 1 N–H and O–H groups in total. The van der Waals surface area contributed by atoms with Crippen molar-refractivity contribution in [2.45, 2.75) is 97.5 Å². The Kier molecular flexibility index (Phi) is 5.37. The summed E-state index contributed by atoms with van der Waals surface area (Å²) in [6.45, 7) is 7.17. The van der Waals surface area contributed by atoms with Gasteiger partial charge in [-0.25, -0.2) is 0 Å². The average Bonchev–Trinajstić information content (AvgIpc) is 2.95. The zero-order valence-corrected chi connectivity index (χ0v) is 17.7. The molecule has 4 aliphatic rings. The first-order valence-electron chi connectivity index (χ1n) is 11.7. The van der Waals surface area contributed by atoms with Crippen LogP contribution in [0.5, 0.6) is 0 Å². The molecule has 0 heterocycles. The van der Waals surface area contributed by atoms with Crippen molar-refractivity contribution in [3.05, 3.63) is 0 Å². The quantitative estimate of drug-likeness (QED) is 0.531. The molecule has 0 aromatic heterocycles. The number of fused-ring (bicyclic) bond motifs is 5. The number of ether oxygens (including phenoxy) is 1. The van der Waals surface area contributed by atoms with Crippen LogP contribution in [0.2, 0.25) is 0 Å². The van der Waals surface area contributed by atoms with Gasteiger partial charge in [-0.2, -0.15) is 0 Å². The van der Waals surface area contributed by atoms with E-state index in [-0.39, 0.29) is 12.1 Å². The predicted octanol–water partition coefficient (Wildman–Crippen LogP) is 5.35. The molecule has 3 nitrogen and oxygen atoms in total. The highest BCUT2D eigenvalue weighted by molar-refractivity contribution is 5.65. The Morgan fingerprint density at radius 2 is 1.81 bits per heavy atom. The summed E-state index contributed by atoms with van der Waals surface area (Å²) in [4.78, 5) is 11.0. The predicted molar refractivity (Wildman–Crippen MR) is 107 cm³/mol. The minimum atomic E-state index is -0.161. The fourth-order valence-electron chi connectivity index (χ4n) is 8.38. The number of rotatable bonds is 4. The van der Waals surface area contributed by atoms with Crippen LogP contribution in [-0.2, 0) is 9.53 Å². The molecule has 0 amide bonds. The van der Waals surface area contributed by atoms with Crippen LogP contribution in [0.3, 0.4) is 0 Å². The number of aliphatic hydroxyl groups is 1. The van der Waals surface area contributed by atoms with Crippen molar-refractivity contribution in [3.8, 4) is 0 Å². The van der Waals surface area contributed by atoms with Gasteiger partial charge in [0.2, 0.25) is 0 Å². The normalized spacial score (nSPS) is 49.0. The monoisotopic (exact) mass is 376 g/mol. The molecule has 4 saturated carbocycles. The van der Waals surface area contributed by atoms with Crippen molar-refractivity contribution in [3.63, 3.8) is 0 Å². The summed E-state index contributed by atoms with van der Waals surface area (Å²) in [5, 5.41) is 11.2. The Balaban J connectivity index is 1.48. The Bertz CT molecular complexity index is 560. The first-order valence-corrected chi connectivity index (χ1v) is 11.7. The zero-order valence-electron chi connectivity index (χ0n) is 17.7. The molecule has 8 unspecified atom stereocenters. The lowest BCUT2D eigenvalue weighted by molar-refractivity contribution is -0.162. The number of carbonyl (C=O) groups is 1. The topological polar surface area (TPSA) is 46.5 Å². The van der Waals surface area contributed by atoms with Crippen LogP contribution in [0.4, 0.5) is 0 Å². The second-order valence-electron chi connectivity index (χ2n) is 10.8. The molecular weight excluding hydrogens is 336 g/mol. The van der Waals surface area contributed by atoms with E-state index in [1.54, 1.807) is 0 Å². The maximum atomic E-state index is 11.2. The van der Waals surface area contributed by atoms with Gasteiger partial charge in [0.25, 0.3) is 0 Å². The van der Waals surface area contributed by atoms with Crippen molar-refractivity contribution < 1.29 is 14.6 Å². The molecule has 27 heavy (non-hydrogen) atoms. The first-order chi connectivity index (χ1) is 12.9. The smallest absolute Gasteiger partial charge is 0.302 e. The lowest BCUT2D eigenvalue weighted by Crippen LogP contribution is -2.57. The first kappa shape index (κ1) is 19.7. The van der Waals surface area contributed by atoms with E-state index in [2.05, 4.69) is 13.8 Å². The van der Waals surface area contributed by atoms with Crippen LogP contribution < -0.4 is 0 Å². The molecule has 8 atom stereocenters. The van der Waals surface area contributed by atoms with Gasteiger partial charge in [-0.1, -0.05) is 26.7 Å². The molecule has 4 fully saturated rings. The van der Waals surface area contributed by atoms with Gasteiger partial charge >= 0.3 is 5.97 Å². The lowest BCUT2D eigenvalue weighted by atomic mass is 9.44. The van der Waals surface area contributed by atoms with E-state index in [0.29, 0.717) is 29.3 Å². The molecule has 0 spiro atoms. The average molecular weight is 377 g/mol. The molecule has 0 aromatic rings. The van der Waals surface area contributed by atoms with E-state index in [9.17, 15) is 9.90 Å². The summed E-state index contributed by atoms with van der Waals surface area (Å²) >= 11 is 0. The van der Waals surface area contributed by atoms with Crippen LogP contribution in [0.25, 0.3) is 0 Å². The number of esters is 1. The van der Waals surface area contributed by atoms with Gasteiger partial charge in [-0.05, 0) is 98.2 Å². The molecule has 154 valence electrons. The van der Waals surface area contributed by atoms with E-state index in [1.165, 1.54) is 64.7 Å². The summed E-state index contributed by atoms with van der Waals surface area (Å²) in [6, 6.07) is 0. The van der Waals surface area contributed by atoms with Crippen LogP contribution in [-0.4, -0.2) is 23.8 Å². The molecule has 0 bridgehead atoms. The number of aliphatic hydroxyl groups excluding tert-OH is 1. The van der Waals surface area contributed by atoms with Crippen molar-refractivity contribution in [1.82, 2.24) is 0 Å². The minimum absolute atomic E-state index is 0.0735. The fraction of sp³-hybridized carbons (Fsp3) is 0.958. The standard InChI is InChI=1S/C24H40O3/c1-16(25)27-14-6-8-17-9-10-19-22-20(11-13-24(17,19)3)23(2)12-5-4-7-18(23)15-21(22)26/h17-22,26H,4-15H2,1-3H3. The van der Waals surface area contributed by atoms with Crippen molar-refractivity contribution in [1.29, 1.82) is 0 Å². The second kappa shape index (κ2) is 7.35. The molecule has 4 aliphatic carbocycles. The lowest BCUT2D eigenvalue weighted by Gasteiger charge is -2.62. The summed E-state index contributed by atoms with van der Waals surface area (Å²) in [7, 11) is 0. The number of carbonyl (C=O) groups excluding carboxylic acids is 1. The molecule has 0 saturated heterocycles. The third-order valence-electron chi connectivity index (χ3n) is 9.80. The summed E-state index contributed by atoms with van der Waals surface area (Å²) in [6.07, 6.45) is 13.9. The van der Waals surface area contributed by atoms with E-state index >= 15 is 0 Å². The van der Waals surface area contributed by atoms with E-state index in [1.807, 2.05) is 0 Å². The molecular formula is C24H40O3. The summed E-state index contributed by atoms with van der Waals surface area (Å²) < 4.78 is 5.17. The van der Waals surface area contributed by atoms with Gasteiger partial charge in [-0.15, -0.1) is 0 Å². The van der Waals surface area contributed by atoms with E-state index < -0.39 is 0 Å². The molecule has 0 radical (unpaired) electrons. The minimum Gasteiger partial charge on any atom is -0.466 e. The summed E-state index contributed by atoms with van der Waals surface area (Å²) in [5.74, 6) is 3.30. The fourth-order valence-corrected chi connectivity index (χ4v) is 8.38. The largest absolute Gasteiger partial charge is 0.466 e. The SMILES string of the molecule is CC(=O)OCCCC1CCC2C3C(O)CC4CCCCC4(C)C3CCC12C. The van der Waals surface area contributed by atoms with Gasteiger partial charge in [0, 0.05) is 6.92 Å². The van der Waals surface area contributed by atoms with Crippen LogP contribution in [0, 0.1) is 40.4 Å². The highest BCUT2D eigenvalue weighted by atomic mass is 16.5. The van der Waals surface area contributed by atoms with Gasteiger partial charge in [0.1, 0.15) is 0 Å². The van der Waals surface area contributed by atoms with Crippen molar-refractivity contribution in [2.75, 3.05) is 6.61 Å². The molecule has 0 aliphatic heterocycles. The molecule has 0 aromatic carbocycles. The Labute approximate surface area is 165 Å². The second-order valence-corrected chi connectivity index (χ2v) is 10.8. The Hall–Kier alpha value is -0.570. The maximum absolute atomic E-state index is 11.2. The van der Waals surface area contributed by atoms with Gasteiger partial charge in [0.15, 0.2) is 0 Å².